The Hall–Kier alpha value is -3.39. The molecular weight excluding hydrogens is 410 g/mol. The van der Waals surface area contributed by atoms with Crippen LogP contribution in [0.3, 0.4) is 0 Å². The minimum absolute atomic E-state index is 0.0347. The van der Waals surface area contributed by atoms with Crippen molar-refractivity contribution in [1.82, 2.24) is 24.3 Å². The number of likely N-dealkylation sites (tertiary alicyclic amines) is 1. The van der Waals surface area contributed by atoms with Crippen LogP contribution in [0.5, 0.6) is 0 Å². The lowest BCUT2D eigenvalue weighted by atomic mass is 9.96. The molecular formula is C23H21N5O2S. The lowest BCUT2D eigenvalue weighted by Gasteiger charge is -2.32. The van der Waals surface area contributed by atoms with E-state index in [-0.39, 0.29) is 22.9 Å². The SMILES string of the molecule is Cc1cc(-c2cccs2)nc([C@H]2CCCN(C(=O)c3cnc4ccccn4c3=O)C2)n1. The molecule has 1 aliphatic rings. The zero-order valence-corrected chi connectivity index (χ0v) is 17.9. The van der Waals surface area contributed by atoms with Gasteiger partial charge in [0.05, 0.1) is 10.6 Å². The van der Waals surface area contributed by atoms with Crippen LogP contribution in [0.1, 0.15) is 40.6 Å². The van der Waals surface area contributed by atoms with E-state index in [1.54, 1.807) is 34.6 Å². The maximum Gasteiger partial charge on any atom is 0.270 e. The average molecular weight is 432 g/mol. The van der Waals surface area contributed by atoms with Gasteiger partial charge < -0.3 is 4.90 Å². The third kappa shape index (κ3) is 3.74. The Morgan fingerprint density at radius 3 is 2.94 bits per heavy atom. The maximum absolute atomic E-state index is 13.2. The minimum Gasteiger partial charge on any atom is -0.338 e. The highest BCUT2D eigenvalue weighted by molar-refractivity contribution is 7.13. The van der Waals surface area contributed by atoms with Crippen LogP contribution in [0.2, 0.25) is 0 Å². The van der Waals surface area contributed by atoms with Gasteiger partial charge in [0, 0.05) is 37.1 Å². The molecule has 8 heteroatoms. The molecule has 1 atom stereocenters. The summed E-state index contributed by atoms with van der Waals surface area (Å²) >= 11 is 1.65. The smallest absolute Gasteiger partial charge is 0.270 e. The van der Waals surface area contributed by atoms with Crippen LogP contribution in [0, 0.1) is 6.92 Å². The molecule has 5 heterocycles. The molecule has 4 aromatic heterocycles. The summed E-state index contributed by atoms with van der Waals surface area (Å²) in [5, 5.41) is 2.03. The average Bonchev–Trinajstić information content (AvgIpc) is 3.34. The molecule has 0 N–H and O–H groups in total. The molecule has 31 heavy (non-hydrogen) atoms. The van der Waals surface area contributed by atoms with Gasteiger partial charge in [0.1, 0.15) is 17.0 Å². The van der Waals surface area contributed by atoms with E-state index in [0.29, 0.717) is 18.7 Å². The summed E-state index contributed by atoms with van der Waals surface area (Å²) in [6.07, 6.45) is 4.77. The number of rotatable bonds is 3. The third-order valence-corrected chi connectivity index (χ3v) is 6.46. The predicted molar refractivity (Wildman–Crippen MR) is 119 cm³/mol. The van der Waals surface area contributed by atoms with Crippen LogP contribution in [-0.2, 0) is 0 Å². The fourth-order valence-corrected chi connectivity index (χ4v) is 4.73. The lowest BCUT2D eigenvalue weighted by Crippen LogP contribution is -2.42. The molecule has 7 nitrogen and oxygen atoms in total. The number of carbonyl (C=O) groups is 1. The highest BCUT2D eigenvalue weighted by atomic mass is 32.1. The molecule has 1 aliphatic heterocycles. The Morgan fingerprint density at radius 2 is 2.10 bits per heavy atom. The molecule has 0 spiro atoms. The van der Waals surface area contributed by atoms with E-state index >= 15 is 0 Å². The predicted octanol–water partition coefficient (Wildman–Crippen LogP) is 3.54. The summed E-state index contributed by atoms with van der Waals surface area (Å²) in [7, 11) is 0. The van der Waals surface area contributed by atoms with Gasteiger partial charge >= 0.3 is 0 Å². The van der Waals surface area contributed by atoms with Crippen molar-refractivity contribution >= 4 is 22.9 Å². The number of nitrogens with zero attached hydrogens (tertiary/aromatic N) is 5. The van der Waals surface area contributed by atoms with Crippen molar-refractivity contribution in [2.24, 2.45) is 0 Å². The molecule has 0 saturated carbocycles. The first kappa shape index (κ1) is 19.6. The number of aromatic nitrogens is 4. The number of fused-ring (bicyclic) bond motifs is 1. The minimum atomic E-state index is -0.343. The first-order valence-electron chi connectivity index (χ1n) is 10.3. The van der Waals surface area contributed by atoms with Gasteiger partial charge in [0.2, 0.25) is 0 Å². The Morgan fingerprint density at radius 1 is 1.19 bits per heavy atom. The fourth-order valence-electron chi connectivity index (χ4n) is 4.04. The van der Waals surface area contributed by atoms with Gasteiger partial charge in [-0.05, 0) is 49.4 Å². The second-order valence-electron chi connectivity index (χ2n) is 7.73. The largest absolute Gasteiger partial charge is 0.338 e. The van der Waals surface area contributed by atoms with Crippen LogP contribution in [-0.4, -0.2) is 43.2 Å². The molecule has 1 saturated heterocycles. The van der Waals surface area contributed by atoms with E-state index in [2.05, 4.69) is 9.97 Å². The summed E-state index contributed by atoms with van der Waals surface area (Å²) in [5.74, 6) is 0.508. The summed E-state index contributed by atoms with van der Waals surface area (Å²) in [5.41, 5.74) is 2.10. The second kappa shape index (κ2) is 8.03. The molecule has 156 valence electrons. The Labute approximate surface area is 183 Å². The number of piperidine rings is 1. The molecule has 0 radical (unpaired) electrons. The van der Waals surface area contributed by atoms with Gasteiger partial charge in [-0.15, -0.1) is 11.3 Å². The van der Waals surface area contributed by atoms with Gasteiger partial charge in [-0.1, -0.05) is 12.1 Å². The zero-order valence-electron chi connectivity index (χ0n) is 17.1. The maximum atomic E-state index is 13.2. The number of thiophene rings is 1. The van der Waals surface area contributed by atoms with Crippen molar-refractivity contribution in [1.29, 1.82) is 0 Å². The van der Waals surface area contributed by atoms with E-state index < -0.39 is 0 Å². The van der Waals surface area contributed by atoms with Gasteiger partial charge in [0.15, 0.2) is 0 Å². The number of amides is 1. The van der Waals surface area contributed by atoms with Crippen LogP contribution >= 0.6 is 11.3 Å². The van der Waals surface area contributed by atoms with Gasteiger partial charge in [-0.2, -0.15) is 0 Å². The fraction of sp³-hybridized carbons (Fsp3) is 0.261. The molecule has 1 amide bonds. The summed E-state index contributed by atoms with van der Waals surface area (Å²) < 4.78 is 1.41. The Balaban J connectivity index is 1.43. The van der Waals surface area contributed by atoms with Crippen LogP contribution in [0.15, 0.2) is 59.0 Å². The van der Waals surface area contributed by atoms with Crippen LogP contribution < -0.4 is 5.56 Å². The summed E-state index contributed by atoms with van der Waals surface area (Å²) in [4.78, 5) is 42.6. The van der Waals surface area contributed by atoms with E-state index in [4.69, 9.17) is 4.98 Å². The second-order valence-corrected chi connectivity index (χ2v) is 8.67. The highest BCUT2D eigenvalue weighted by Gasteiger charge is 2.29. The van der Waals surface area contributed by atoms with E-state index in [9.17, 15) is 9.59 Å². The number of pyridine rings is 1. The number of carbonyl (C=O) groups excluding carboxylic acids is 1. The van der Waals surface area contributed by atoms with Crippen molar-refractivity contribution in [3.8, 4) is 10.6 Å². The Bertz CT molecular complexity index is 1320. The summed E-state index contributed by atoms with van der Waals surface area (Å²) in [6, 6.07) is 11.4. The molecule has 1 fully saturated rings. The van der Waals surface area contributed by atoms with Gasteiger partial charge in [-0.3, -0.25) is 14.0 Å². The standard InChI is InChI=1S/C23H21N5O2S/c1-15-12-18(19-7-5-11-31-19)26-21(25-15)16-6-4-9-27(14-16)22(29)17-13-24-20-8-2-3-10-28(20)23(17)30/h2-3,5,7-8,10-13,16H,4,6,9,14H2,1H3/t16-/m0/s1. The first-order valence-corrected chi connectivity index (χ1v) is 11.1. The number of aryl methyl sites for hydroxylation is 1. The van der Waals surface area contributed by atoms with E-state index in [1.165, 1.54) is 10.6 Å². The van der Waals surface area contributed by atoms with E-state index in [0.717, 1.165) is 34.9 Å². The zero-order chi connectivity index (χ0) is 21.4. The Kier molecular flexibility index (Phi) is 5.07. The van der Waals surface area contributed by atoms with Crippen molar-refractivity contribution in [3.05, 3.63) is 81.6 Å². The van der Waals surface area contributed by atoms with Gasteiger partial charge in [0.25, 0.3) is 11.5 Å². The van der Waals surface area contributed by atoms with Crippen molar-refractivity contribution in [2.45, 2.75) is 25.7 Å². The third-order valence-electron chi connectivity index (χ3n) is 5.56. The molecule has 0 bridgehead atoms. The quantitative estimate of drug-likeness (QED) is 0.496. The summed E-state index contributed by atoms with van der Waals surface area (Å²) in [6.45, 7) is 3.06. The van der Waals surface area contributed by atoms with Crippen molar-refractivity contribution < 1.29 is 4.79 Å². The number of hydrogen-bond acceptors (Lipinski definition) is 6. The molecule has 4 aromatic rings. The van der Waals surface area contributed by atoms with Crippen molar-refractivity contribution in [2.75, 3.05) is 13.1 Å². The molecule has 0 unspecified atom stereocenters. The van der Waals surface area contributed by atoms with Crippen LogP contribution in [0.25, 0.3) is 16.2 Å². The molecule has 0 aromatic carbocycles. The monoisotopic (exact) mass is 431 g/mol. The molecule has 5 rings (SSSR count). The normalized spacial score (nSPS) is 16.5. The topological polar surface area (TPSA) is 80.5 Å². The first-order chi connectivity index (χ1) is 15.1. The lowest BCUT2D eigenvalue weighted by molar-refractivity contribution is 0.0702. The van der Waals surface area contributed by atoms with E-state index in [1.807, 2.05) is 36.6 Å². The van der Waals surface area contributed by atoms with Crippen molar-refractivity contribution in [3.63, 3.8) is 0 Å². The van der Waals surface area contributed by atoms with Gasteiger partial charge in [-0.25, -0.2) is 15.0 Å². The number of hydrogen-bond donors (Lipinski definition) is 0. The molecule has 0 aliphatic carbocycles. The highest BCUT2D eigenvalue weighted by Crippen LogP contribution is 2.29. The van der Waals surface area contributed by atoms with Crippen LogP contribution in [0.4, 0.5) is 0 Å².